The maximum Gasteiger partial charge on any atom is 0.223 e. The first-order valence-corrected chi connectivity index (χ1v) is 10.7. The van der Waals surface area contributed by atoms with Crippen LogP contribution in [0.25, 0.3) is 0 Å². The molecule has 1 saturated heterocycles. The van der Waals surface area contributed by atoms with Gasteiger partial charge in [-0.2, -0.15) is 0 Å². The molecule has 1 aliphatic heterocycles. The van der Waals surface area contributed by atoms with Crippen LogP contribution >= 0.6 is 0 Å². The maximum atomic E-state index is 12.8. The number of carbonyl (C=O) groups is 2. The minimum atomic E-state index is 0.0314. The van der Waals surface area contributed by atoms with Crippen molar-refractivity contribution >= 4 is 11.8 Å². The summed E-state index contributed by atoms with van der Waals surface area (Å²) >= 11 is 0. The third kappa shape index (κ3) is 6.05. The molecule has 1 saturated carbocycles. The van der Waals surface area contributed by atoms with Gasteiger partial charge >= 0.3 is 0 Å². The third-order valence-electron chi connectivity index (χ3n) is 5.93. The van der Waals surface area contributed by atoms with Crippen molar-refractivity contribution in [3.8, 4) is 0 Å². The van der Waals surface area contributed by atoms with E-state index >= 15 is 0 Å². The summed E-state index contributed by atoms with van der Waals surface area (Å²) in [5.41, 5.74) is 1.10. The molecular weight excluding hydrogens is 338 g/mol. The van der Waals surface area contributed by atoms with Crippen LogP contribution in [0, 0.1) is 0 Å². The lowest BCUT2D eigenvalue weighted by Gasteiger charge is -2.36. The van der Waals surface area contributed by atoms with Gasteiger partial charge < -0.3 is 10.2 Å². The molecule has 1 N–H and O–H groups in total. The van der Waals surface area contributed by atoms with Crippen LogP contribution < -0.4 is 5.32 Å². The normalized spacial score (nSPS) is 21.9. The molecule has 0 aromatic carbocycles. The average Bonchev–Trinajstić information content (AvgIpc) is 2.69. The van der Waals surface area contributed by atoms with Crippen LogP contribution in [0.5, 0.6) is 0 Å². The van der Waals surface area contributed by atoms with Crippen LogP contribution in [0.3, 0.4) is 0 Å². The summed E-state index contributed by atoms with van der Waals surface area (Å²) in [5, 5.41) is 3.17. The average molecular weight is 372 g/mol. The Bertz CT molecular complexity index is 597. The van der Waals surface area contributed by atoms with E-state index in [0.29, 0.717) is 18.9 Å². The first-order valence-electron chi connectivity index (χ1n) is 10.7. The monoisotopic (exact) mass is 371 g/mol. The summed E-state index contributed by atoms with van der Waals surface area (Å²) in [6.45, 7) is 0.780. The van der Waals surface area contributed by atoms with E-state index in [1.54, 1.807) is 6.20 Å². The molecule has 0 radical (unpaired) electrons. The van der Waals surface area contributed by atoms with Crippen LogP contribution in [0.4, 0.5) is 0 Å². The van der Waals surface area contributed by atoms with Gasteiger partial charge in [0.05, 0.1) is 6.04 Å². The van der Waals surface area contributed by atoms with Gasteiger partial charge in [0.1, 0.15) is 0 Å². The quantitative estimate of drug-likeness (QED) is 0.846. The summed E-state index contributed by atoms with van der Waals surface area (Å²) < 4.78 is 0. The Hall–Kier alpha value is -1.91. The second-order valence-electron chi connectivity index (χ2n) is 7.99. The molecule has 1 aromatic rings. The molecule has 1 atom stereocenters. The van der Waals surface area contributed by atoms with Crippen molar-refractivity contribution in [1.29, 1.82) is 0 Å². The van der Waals surface area contributed by atoms with Gasteiger partial charge in [0.15, 0.2) is 0 Å². The highest BCUT2D eigenvalue weighted by Gasteiger charge is 2.28. The van der Waals surface area contributed by atoms with E-state index in [0.717, 1.165) is 44.2 Å². The number of likely N-dealkylation sites (tertiary alicyclic amines) is 1. The predicted octanol–water partition coefficient (Wildman–Crippen LogP) is 4.14. The van der Waals surface area contributed by atoms with Crippen molar-refractivity contribution in [3.05, 3.63) is 30.1 Å². The summed E-state index contributed by atoms with van der Waals surface area (Å²) in [6.07, 6.45) is 15.8. The van der Waals surface area contributed by atoms with Gasteiger partial charge in [0, 0.05) is 37.8 Å². The second-order valence-corrected chi connectivity index (χ2v) is 7.99. The summed E-state index contributed by atoms with van der Waals surface area (Å²) in [6, 6.07) is 4.37. The first-order chi connectivity index (χ1) is 13.2. The molecule has 27 heavy (non-hydrogen) atoms. The van der Waals surface area contributed by atoms with E-state index in [-0.39, 0.29) is 17.9 Å². The summed E-state index contributed by atoms with van der Waals surface area (Å²) in [4.78, 5) is 31.3. The number of nitrogens with one attached hydrogen (secondary N) is 1. The highest BCUT2D eigenvalue weighted by Crippen LogP contribution is 2.31. The van der Waals surface area contributed by atoms with E-state index in [2.05, 4.69) is 10.3 Å². The molecule has 0 bridgehead atoms. The van der Waals surface area contributed by atoms with Crippen LogP contribution in [-0.4, -0.2) is 34.3 Å². The second kappa shape index (κ2) is 10.4. The maximum absolute atomic E-state index is 12.8. The molecule has 2 heterocycles. The van der Waals surface area contributed by atoms with Crippen molar-refractivity contribution in [2.45, 2.75) is 89.1 Å². The van der Waals surface area contributed by atoms with E-state index in [9.17, 15) is 9.59 Å². The SMILES string of the molecule is O=C(CCC(=O)N1CCCC[C@@H]1c1cccnc1)NC1CCCCCCC1. The minimum absolute atomic E-state index is 0.0314. The Morgan fingerprint density at radius 3 is 2.48 bits per heavy atom. The molecular formula is C22H33N3O2. The fourth-order valence-electron chi connectivity index (χ4n) is 4.41. The van der Waals surface area contributed by atoms with Crippen molar-refractivity contribution < 1.29 is 9.59 Å². The Morgan fingerprint density at radius 2 is 1.74 bits per heavy atom. The van der Waals surface area contributed by atoms with Crippen molar-refractivity contribution in [2.75, 3.05) is 6.54 Å². The number of nitrogens with zero attached hydrogens (tertiary/aromatic N) is 2. The topological polar surface area (TPSA) is 62.3 Å². The third-order valence-corrected chi connectivity index (χ3v) is 5.93. The van der Waals surface area contributed by atoms with E-state index < -0.39 is 0 Å². The molecule has 1 aromatic heterocycles. The van der Waals surface area contributed by atoms with E-state index in [1.165, 1.54) is 32.1 Å². The van der Waals surface area contributed by atoms with Crippen LogP contribution in [0.2, 0.25) is 0 Å². The molecule has 0 unspecified atom stereocenters. The number of carbonyl (C=O) groups excluding carboxylic acids is 2. The minimum Gasteiger partial charge on any atom is -0.353 e. The van der Waals surface area contributed by atoms with E-state index in [1.807, 2.05) is 23.2 Å². The molecule has 3 rings (SSSR count). The Morgan fingerprint density at radius 1 is 1.00 bits per heavy atom. The lowest BCUT2D eigenvalue weighted by atomic mass is 9.95. The number of hydrogen-bond acceptors (Lipinski definition) is 3. The highest BCUT2D eigenvalue weighted by molar-refractivity contribution is 5.84. The van der Waals surface area contributed by atoms with Gasteiger partial charge in [0.2, 0.25) is 11.8 Å². The van der Waals surface area contributed by atoms with Gasteiger partial charge in [-0.3, -0.25) is 14.6 Å². The van der Waals surface area contributed by atoms with Crippen molar-refractivity contribution in [2.24, 2.45) is 0 Å². The fraction of sp³-hybridized carbons (Fsp3) is 0.682. The number of hydrogen-bond donors (Lipinski definition) is 1. The van der Waals surface area contributed by atoms with Crippen molar-refractivity contribution in [1.82, 2.24) is 15.2 Å². The Kier molecular flexibility index (Phi) is 7.66. The lowest BCUT2D eigenvalue weighted by molar-refractivity contribution is -0.137. The highest BCUT2D eigenvalue weighted by atomic mass is 16.2. The van der Waals surface area contributed by atoms with Gasteiger partial charge in [0.25, 0.3) is 0 Å². The first kappa shape index (κ1) is 19.8. The molecule has 1 aliphatic carbocycles. The molecule has 5 heteroatoms. The van der Waals surface area contributed by atoms with Crippen LogP contribution in [-0.2, 0) is 9.59 Å². The Labute approximate surface area is 162 Å². The molecule has 5 nitrogen and oxygen atoms in total. The smallest absolute Gasteiger partial charge is 0.223 e. The van der Waals surface area contributed by atoms with Crippen LogP contribution in [0.1, 0.15) is 88.7 Å². The summed E-state index contributed by atoms with van der Waals surface area (Å²) in [7, 11) is 0. The number of piperidine rings is 1. The van der Waals surface area contributed by atoms with Crippen LogP contribution in [0.15, 0.2) is 24.5 Å². The van der Waals surface area contributed by atoms with Gasteiger partial charge in [-0.25, -0.2) is 0 Å². The zero-order chi connectivity index (χ0) is 18.9. The lowest BCUT2D eigenvalue weighted by Crippen LogP contribution is -2.40. The molecule has 2 amide bonds. The predicted molar refractivity (Wildman–Crippen MR) is 106 cm³/mol. The van der Waals surface area contributed by atoms with Gasteiger partial charge in [-0.15, -0.1) is 0 Å². The number of rotatable bonds is 5. The fourth-order valence-corrected chi connectivity index (χ4v) is 4.41. The Balaban J connectivity index is 1.49. The summed E-state index contributed by atoms with van der Waals surface area (Å²) in [5.74, 6) is 0.125. The molecule has 2 aliphatic rings. The number of amides is 2. The molecule has 0 spiro atoms. The number of pyridine rings is 1. The number of aromatic nitrogens is 1. The largest absolute Gasteiger partial charge is 0.353 e. The van der Waals surface area contributed by atoms with Gasteiger partial charge in [-0.1, -0.05) is 38.2 Å². The van der Waals surface area contributed by atoms with Crippen molar-refractivity contribution in [3.63, 3.8) is 0 Å². The standard InChI is InChI=1S/C22H33N3O2/c26-21(24-19-10-4-2-1-3-5-11-19)13-14-22(27)25-16-7-6-12-20(25)18-9-8-15-23-17-18/h8-9,15,17,19-20H,1-7,10-14,16H2,(H,24,26)/t20-/m1/s1. The zero-order valence-electron chi connectivity index (χ0n) is 16.4. The zero-order valence-corrected chi connectivity index (χ0v) is 16.4. The molecule has 148 valence electrons. The van der Waals surface area contributed by atoms with E-state index in [4.69, 9.17) is 0 Å². The molecule has 2 fully saturated rings. The van der Waals surface area contributed by atoms with Gasteiger partial charge in [-0.05, 0) is 43.7 Å².